The van der Waals surface area contributed by atoms with Gasteiger partial charge in [0.05, 0.1) is 26.4 Å². The Morgan fingerprint density at radius 2 is 0.444 bits per heavy atom. The first kappa shape index (κ1) is 106. The number of aliphatic hydroxyl groups is 1. The molecule has 19 heteroatoms. The zero-order valence-corrected chi connectivity index (χ0v) is 72.8. The molecule has 0 radical (unpaired) electrons. The predicted octanol–water partition coefficient (Wildman–Crippen LogP) is 27.5. The summed E-state index contributed by atoms with van der Waals surface area (Å²) in [7, 11) is -9.93. The fourth-order valence-electron chi connectivity index (χ4n) is 14.0. The summed E-state index contributed by atoms with van der Waals surface area (Å²) in [6.07, 6.45) is 76.4. The lowest BCUT2D eigenvalue weighted by Gasteiger charge is -2.21. The normalized spacial score (nSPS) is 14.0. The van der Waals surface area contributed by atoms with Gasteiger partial charge in [-0.25, -0.2) is 9.13 Å². The summed E-state index contributed by atoms with van der Waals surface area (Å²) in [5, 5.41) is 10.7. The van der Waals surface area contributed by atoms with Gasteiger partial charge in [-0.2, -0.15) is 0 Å². The van der Waals surface area contributed by atoms with Crippen LogP contribution in [0.15, 0.2) is 0 Å². The van der Waals surface area contributed by atoms with Crippen LogP contribution in [0.3, 0.4) is 0 Å². The third kappa shape index (κ3) is 80.7. The maximum atomic E-state index is 13.2. The minimum Gasteiger partial charge on any atom is -0.462 e. The third-order valence-electron chi connectivity index (χ3n) is 21.4. The Labute approximate surface area is 664 Å². The van der Waals surface area contributed by atoms with Crippen LogP contribution in [0.1, 0.15) is 484 Å². The van der Waals surface area contributed by atoms with Crippen molar-refractivity contribution in [2.24, 2.45) is 5.92 Å². The maximum absolute atomic E-state index is 13.2. The average molecular weight is 1580 g/mol. The highest BCUT2D eigenvalue weighted by molar-refractivity contribution is 7.47. The van der Waals surface area contributed by atoms with Crippen LogP contribution in [0.5, 0.6) is 0 Å². The SMILES string of the molecule is CCCCCCCCCCCCCCCCCCCCCC(=O)OC[C@H](COP(=O)(O)OC[C@@H](O)COP(=O)(O)OC[C@@H](COC(=O)CCCCCCCCCCC)OC(=O)CCCCCCCCCCCCCCCCCCCC)OC(=O)CCCCCCCCCCCCCCCCCCCCC(C)CC. The lowest BCUT2D eigenvalue weighted by Crippen LogP contribution is -2.30. The molecule has 0 saturated carbocycles. The highest BCUT2D eigenvalue weighted by Gasteiger charge is 2.31. The number of carbonyl (C=O) groups is 4. The summed E-state index contributed by atoms with van der Waals surface area (Å²) < 4.78 is 68.9. The van der Waals surface area contributed by atoms with Gasteiger partial charge in [-0.1, -0.05) is 433 Å². The number of unbranched alkanes of at least 4 members (excludes halogenated alkanes) is 60. The van der Waals surface area contributed by atoms with Crippen molar-refractivity contribution in [3.8, 4) is 0 Å². The Bertz CT molecular complexity index is 2050. The van der Waals surface area contributed by atoms with E-state index in [1.54, 1.807) is 0 Å². The smallest absolute Gasteiger partial charge is 0.462 e. The van der Waals surface area contributed by atoms with E-state index in [2.05, 4.69) is 34.6 Å². The van der Waals surface area contributed by atoms with Gasteiger partial charge in [0.2, 0.25) is 0 Å². The molecule has 6 atom stereocenters. The molecular formula is C89H174O17P2. The zero-order valence-electron chi connectivity index (χ0n) is 71.0. The molecule has 3 unspecified atom stereocenters. The van der Waals surface area contributed by atoms with Crippen LogP contribution in [0.2, 0.25) is 0 Å². The van der Waals surface area contributed by atoms with Crippen LogP contribution in [0, 0.1) is 5.92 Å². The first-order valence-electron chi connectivity index (χ1n) is 46.2. The molecule has 0 spiro atoms. The molecule has 0 saturated heterocycles. The van der Waals surface area contributed by atoms with Gasteiger partial charge in [-0.15, -0.1) is 0 Å². The number of aliphatic hydroxyl groups excluding tert-OH is 1. The molecule has 642 valence electrons. The molecule has 0 aromatic heterocycles. The minimum atomic E-state index is -4.97. The van der Waals surface area contributed by atoms with Crippen molar-refractivity contribution in [1.29, 1.82) is 0 Å². The molecule has 0 amide bonds. The standard InChI is InChI=1S/C89H174O17P2/c1-6-10-13-16-19-22-24-26-28-30-32-37-40-44-48-53-58-63-68-73-87(92)100-79-85(106-89(94)75-70-65-60-55-50-46-42-38-34-33-35-39-43-47-52-56-61-66-71-82(5)9-4)81-104-108(97,98)102-77-83(90)76-101-107(95,96)103-80-84(78-99-86(91)72-67-62-57-51-21-18-15-12-8-3)105-88(93)74-69-64-59-54-49-45-41-36-31-29-27-25-23-20-17-14-11-7-2/h82-85,90H,6-81H2,1-5H3,(H,95,96)(H,97,98)/t82?,83-,84+,85+/m0/s1. The number of phosphoric acid groups is 2. The number of rotatable bonds is 89. The van der Waals surface area contributed by atoms with Crippen molar-refractivity contribution in [1.82, 2.24) is 0 Å². The Balaban J connectivity index is 5.20. The minimum absolute atomic E-state index is 0.109. The highest BCUT2D eigenvalue weighted by atomic mass is 31.2. The van der Waals surface area contributed by atoms with Crippen molar-refractivity contribution in [2.75, 3.05) is 39.6 Å². The van der Waals surface area contributed by atoms with E-state index in [1.165, 1.54) is 308 Å². The summed E-state index contributed by atoms with van der Waals surface area (Å²) in [6, 6.07) is 0. The fourth-order valence-corrected chi connectivity index (χ4v) is 15.5. The topological polar surface area (TPSA) is 237 Å². The molecule has 0 heterocycles. The van der Waals surface area contributed by atoms with E-state index in [0.717, 1.165) is 95.8 Å². The second-order valence-electron chi connectivity index (χ2n) is 32.2. The highest BCUT2D eigenvalue weighted by Crippen LogP contribution is 2.45. The van der Waals surface area contributed by atoms with Gasteiger partial charge in [-0.3, -0.25) is 37.3 Å². The molecule has 0 aliphatic rings. The molecular weight excluding hydrogens is 1400 g/mol. The molecule has 108 heavy (non-hydrogen) atoms. The number of phosphoric ester groups is 2. The average Bonchev–Trinajstić information content (AvgIpc) is 0.898. The number of hydrogen-bond acceptors (Lipinski definition) is 15. The summed E-state index contributed by atoms with van der Waals surface area (Å²) >= 11 is 0. The molecule has 0 bridgehead atoms. The van der Waals surface area contributed by atoms with E-state index in [-0.39, 0.29) is 25.7 Å². The van der Waals surface area contributed by atoms with E-state index in [9.17, 15) is 43.2 Å². The predicted molar refractivity (Wildman–Crippen MR) is 446 cm³/mol. The van der Waals surface area contributed by atoms with Gasteiger partial charge in [0.1, 0.15) is 19.3 Å². The Morgan fingerprint density at radius 3 is 0.657 bits per heavy atom. The van der Waals surface area contributed by atoms with Gasteiger partial charge in [-0.05, 0) is 31.6 Å². The lowest BCUT2D eigenvalue weighted by atomic mass is 9.99. The molecule has 0 rings (SSSR count). The van der Waals surface area contributed by atoms with Crippen molar-refractivity contribution >= 4 is 39.5 Å². The molecule has 3 N–H and O–H groups in total. The van der Waals surface area contributed by atoms with Gasteiger partial charge in [0, 0.05) is 25.7 Å². The molecule has 0 aromatic carbocycles. The van der Waals surface area contributed by atoms with E-state index in [1.807, 2.05) is 0 Å². The Kier molecular flexibility index (Phi) is 80.2. The quantitative estimate of drug-likeness (QED) is 0.0222. The van der Waals surface area contributed by atoms with Crippen LogP contribution >= 0.6 is 15.6 Å². The zero-order chi connectivity index (χ0) is 79.0. The Morgan fingerprint density at radius 1 is 0.259 bits per heavy atom. The fraction of sp³-hybridized carbons (Fsp3) is 0.955. The molecule has 17 nitrogen and oxygen atoms in total. The van der Waals surface area contributed by atoms with E-state index in [0.29, 0.717) is 25.7 Å². The van der Waals surface area contributed by atoms with Crippen molar-refractivity contribution < 1.29 is 80.2 Å². The van der Waals surface area contributed by atoms with E-state index >= 15 is 0 Å². The molecule has 0 aromatic rings. The van der Waals surface area contributed by atoms with Crippen LogP contribution in [0.4, 0.5) is 0 Å². The maximum Gasteiger partial charge on any atom is 0.472 e. The van der Waals surface area contributed by atoms with Gasteiger partial charge in [0.25, 0.3) is 0 Å². The molecule has 0 aliphatic carbocycles. The van der Waals surface area contributed by atoms with Crippen LogP contribution in [0.25, 0.3) is 0 Å². The van der Waals surface area contributed by atoms with Crippen molar-refractivity contribution in [3.63, 3.8) is 0 Å². The lowest BCUT2D eigenvalue weighted by molar-refractivity contribution is -0.161. The number of hydrogen-bond donors (Lipinski definition) is 3. The number of carbonyl (C=O) groups excluding carboxylic acids is 4. The molecule has 0 aliphatic heterocycles. The molecule has 0 fully saturated rings. The van der Waals surface area contributed by atoms with Gasteiger partial charge in [0.15, 0.2) is 12.2 Å². The number of esters is 4. The second kappa shape index (κ2) is 81.6. The van der Waals surface area contributed by atoms with Gasteiger partial charge < -0.3 is 33.8 Å². The van der Waals surface area contributed by atoms with Gasteiger partial charge >= 0.3 is 39.5 Å². The monoisotopic (exact) mass is 1580 g/mol. The summed E-state index contributed by atoms with van der Waals surface area (Å²) in [5.41, 5.74) is 0. The van der Waals surface area contributed by atoms with E-state index < -0.39 is 97.5 Å². The second-order valence-corrected chi connectivity index (χ2v) is 35.1. The first-order valence-corrected chi connectivity index (χ1v) is 49.2. The third-order valence-corrected chi connectivity index (χ3v) is 23.3. The summed E-state index contributed by atoms with van der Waals surface area (Å²) in [4.78, 5) is 73.3. The van der Waals surface area contributed by atoms with Crippen LogP contribution in [-0.2, 0) is 65.4 Å². The van der Waals surface area contributed by atoms with Crippen LogP contribution < -0.4 is 0 Å². The Hall–Kier alpha value is -1.94. The van der Waals surface area contributed by atoms with Crippen molar-refractivity contribution in [3.05, 3.63) is 0 Å². The van der Waals surface area contributed by atoms with Crippen LogP contribution in [-0.4, -0.2) is 96.7 Å². The summed E-state index contributed by atoms with van der Waals surface area (Å²) in [6.45, 7) is 7.44. The largest absolute Gasteiger partial charge is 0.472 e. The summed E-state index contributed by atoms with van der Waals surface area (Å²) in [5.74, 6) is -1.23. The van der Waals surface area contributed by atoms with E-state index in [4.69, 9.17) is 37.0 Å². The number of ether oxygens (including phenoxy) is 4. The first-order chi connectivity index (χ1) is 52.6. The van der Waals surface area contributed by atoms with Crippen molar-refractivity contribution in [2.45, 2.75) is 502 Å².